The highest BCUT2D eigenvalue weighted by atomic mass is 32.2. The van der Waals surface area contributed by atoms with Crippen molar-refractivity contribution in [2.24, 2.45) is 5.73 Å². The van der Waals surface area contributed by atoms with E-state index in [2.05, 4.69) is 4.98 Å². The normalized spacial score (nSPS) is 14.7. The van der Waals surface area contributed by atoms with Gasteiger partial charge in [0.25, 0.3) is 0 Å². The van der Waals surface area contributed by atoms with Crippen molar-refractivity contribution in [3.63, 3.8) is 0 Å². The summed E-state index contributed by atoms with van der Waals surface area (Å²) in [6.07, 6.45) is 0. The lowest BCUT2D eigenvalue weighted by Crippen LogP contribution is -2.23. The zero-order valence-corrected chi connectivity index (χ0v) is 10.6. The van der Waals surface area contributed by atoms with Gasteiger partial charge in [-0.25, -0.2) is 0 Å². The van der Waals surface area contributed by atoms with Gasteiger partial charge in [0.1, 0.15) is 0 Å². The molecular weight excluding hydrogens is 232 g/mol. The minimum absolute atomic E-state index is 0.0312. The van der Waals surface area contributed by atoms with E-state index in [4.69, 9.17) is 5.73 Å². The highest BCUT2D eigenvalue weighted by Crippen LogP contribution is 2.12. The first-order valence-corrected chi connectivity index (χ1v) is 7.09. The highest BCUT2D eigenvalue weighted by molar-refractivity contribution is 7.84. The van der Waals surface area contributed by atoms with E-state index in [0.717, 1.165) is 16.6 Å². The lowest BCUT2D eigenvalue weighted by Gasteiger charge is -2.05. The standard InChI is InChI=1S/C13H16N2OS/c1-10(14)8-17(16)9-12-7-6-11-4-2-3-5-13(11)15-12/h2-7,10H,8-9,14H2,1H3. The minimum Gasteiger partial charge on any atom is -0.327 e. The van der Waals surface area contributed by atoms with Crippen molar-refractivity contribution in [2.75, 3.05) is 5.75 Å². The van der Waals surface area contributed by atoms with Crippen LogP contribution in [0, 0.1) is 0 Å². The van der Waals surface area contributed by atoms with Crippen LogP contribution in [-0.2, 0) is 16.6 Å². The van der Waals surface area contributed by atoms with Crippen LogP contribution in [0.3, 0.4) is 0 Å². The molecule has 2 atom stereocenters. The molecule has 4 heteroatoms. The number of nitrogens with two attached hydrogens (primary N) is 1. The molecule has 2 rings (SSSR count). The maximum absolute atomic E-state index is 11.8. The Balaban J connectivity index is 2.17. The molecule has 2 aromatic rings. The summed E-state index contributed by atoms with van der Waals surface area (Å²) in [5.41, 5.74) is 7.43. The van der Waals surface area contributed by atoms with Crippen LogP contribution in [0.4, 0.5) is 0 Å². The quantitative estimate of drug-likeness (QED) is 0.898. The third-order valence-electron chi connectivity index (χ3n) is 2.41. The number of hydrogen-bond donors (Lipinski definition) is 1. The fraction of sp³-hybridized carbons (Fsp3) is 0.308. The van der Waals surface area contributed by atoms with E-state index < -0.39 is 10.8 Å². The Morgan fingerprint density at radius 1 is 1.29 bits per heavy atom. The third kappa shape index (κ3) is 3.35. The molecule has 90 valence electrons. The number of rotatable bonds is 4. The number of aromatic nitrogens is 1. The van der Waals surface area contributed by atoms with Crippen LogP contribution in [0.2, 0.25) is 0 Å². The van der Waals surface area contributed by atoms with E-state index in [9.17, 15) is 4.21 Å². The van der Waals surface area contributed by atoms with Gasteiger partial charge in [-0.2, -0.15) is 0 Å². The maximum atomic E-state index is 11.8. The van der Waals surface area contributed by atoms with E-state index in [0.29, 0.717) is 11.5 Å². The van der Waals surface area contributed by atoms with E-state index in [1.807, 2.05) is 43.3 Å². The lowest BCUT2D eigenvalue weighted by molar-refractivity contribution is 0.675. The molecule has 2 N–H and O–H groups in total. The lowest BCUT2D eigenvalue weighted by atomic mass is 10.2. The first kappa shape index (κ1) is 12.2. The van der Waals surface area contributed by atoms with Crippen molar-refractivity contribution in [1.82, 2.24) is 4.98 Å². The summed E-state index contributed by atoms with van der Waals surface area (Å²) in [6.45, 7) is 1.87. The molecule has 2 unspecified atom stereocenters. The SMILES string of the molecule is CC(N)CS(=O)Cc1ccc2ccccc2n1. The average molecular weight is 248 g/mol. The molecule has 0 bridgehead atoms. The second kappa shape index (κ2) is 5.38. The molecule has 0 spiro atoms. The van der Waals surface area contributed by atoms with Crippen LogP contribution in [-0.4, -0.2) is 21.0 Å². The first-order valence-electron chi connectivity index (χ1n) is 5.60. The van der Waals surface area contributed by atoms with Crippen LogP contribution in [0.1, 0.15) is 12.6 Å². The molecule has 0 aliphatic carbocycles. The zero-order valence-electron chi connectivity index (χ0n) is 9.80. The highest BCUT2D eigenvalue weighted by Gasteiger charge is 2.06. The first-order chi connectivity index (χ1) is 8.15. The van der Waals surface area contributed by atoms with Crippen molar-refractivity contribution < 1.29 is 4.21 Å². The third-order valence-corrected chi connectivity index (χ3v) is 3.93. The fourth-order valence-corrected chi connectivity index (χ4v) is 2.90. The topological polar surface area (TPSA) is 56.0 Å². The van der Waals surface area contributed by atoms with Crippen molar-refractivity contribution in [3.8, 4) is 0 Å². The molecule has 0 amide bonds. The molecule has 0 saturated carbocycles. The summed E-state index contributed by atoms with van der Waals surface area (Å²) in [6, 6.07) is 11.8. The summed E-state index contributed by atoms with van der Waals surface area (Å²) in [5, 5.41) is 1.11. The Bertz CT molecular complexity index is 540. The predicted octanol–water partition coefficient (Wildman–Crippen LogP) is 1.83. The number of nitrogens with zero attached hydrogens (tertiary/aromatic N) is 1. The van der Waals surface area contributed by atoms with Crippen molar-refractivity contribution in [1.29, 1.82) is 0 Å². The van der Waals surface area contributed by atoms with Gasteiger partial charge in [0.05, 0.1) is 17.0 Å². The van der Waals surface area contributed by atoms with Gasteiger partial charge in [0.2, 0.25) is 0 Å². The van der Waals surface area contributed by atoms with Crippen LogP contribution >= 0.6 is 0 Å². The molecule has 1 aromatic heterocycles. The number of hydrogen-bond acceptors (Lipinski definition) is 3. The molecule has 17 heavy (non-hydrogen) atoms. The molecule has 0 fully saturated rings. The largest absolute Gasteiger partial charge is 0.327 e. The second-order valence-corrected chi connectivity index (χ2v) is 5.73. The fourth-order valence-electron chi connectivity index (χ4n) is 1.71. The Morgan fingerprint density at radius 2 is 2.06 bits per heavy atom. The summed E-state index contributed by atoms with van der Waals surface area (Å²) in [4.78, 5) is 4.49. The van der Waals surface area contributed by atoms with Crippen molar-refractivity contribution >= 4 is 21.7 Å². The van der Waals surface area contributed by atoms with Gasteiger partial charge in [0.15, 0.2) is 0 Å². The number of benzene rings is 1. The smallest absolute Gasteiger partial charge is 0.0705 e. The summed E-state index contributed by atoms with van der Waals surface area (Å²) >= 11 is 0. The van der Waals surface area contributed by atoms with Gasteiger partial charge in [-0.15, -0.1) is 0 Å². The predicted molar refractivity (Wildman–Crippen MR) is 72.1 cm³/mol. The van der Waals surface area contributed by atoms with Crippen LogP contribution < -0.4 is 5.73 Å². The molecule has 1 heterocycles. The monoisotopic (exact) mass is 248 g/mol. The number of pyridine rings is 1. The van der Waals surface area contributed by atoms with Gasteiger partial charge in [-0.1, -0.05) is 24.3 Å². The molecule has 0 aliphatic heterocycles. The zero-order chi connectivity index (χ0) is 12.3. The Kier molecular flexibility index (Phi) is 3.86. The maximum Gasteiger partial charge on any atom is 0.0705 e. The van der Waals surface area contributed by atoms with Gasteiger partial charge < -0.3 is 5.73 Å². The van der Waals surface area contributed by atoms with Crippen LogP contribution in [0.25, 0.3) is 10.9 Å². The average Bonchev–Trinajstić information content (AvgIpc) is 2.27. The van der Waals surface area contributed by atoms with Crippen LogP contribution in [0.5, 0.6) is 0 Å². The molecule has 0 saturated heterocycles. The summed E-state index contributed by atoms with van der Waals surface area (Å²) in [7, 11) is -0.932. The Morgan fingerprint density at radius 3 is 2.82 bits per heavy atom. The van der Waals surface area contributed by atoms with Gasteiger partial charge in [-0.05, 0) is 19.1 Å². The molecule has 0 aliphatic rings. The van der Waals surface area contributed by atoms with E-state index in [-0.39, 0.29) is 6.04 Å². The van der Waals surface area contributed by atoms with Crippen molar-refractivity contribution in [2.45, 2.75) is 18.7 Å². The molecular formula is C13H16N2OS. The van der Waals surface area contributed by atoms with Gasteiger partial charge in [0, 0.05) is 28.0 Å². The van der Waals surface area contributed by atoms with Crippen LogP contribution in [0.15, 0.2) is 36.4 Å². The summed E-state index contributed by atoms with van der Waals surface area (Å²) in [5.74, 6) is 1.00. The molecule has 0 radical (unpaired) electrons. The van der Waals surface area contributed by atoms with E-state index in [1.54, 1.807) is 0 Å². The summed E-state index contributed by atoms with van der Waals surface area (Å²) < 4.78 is 11.8. The van der Waals surface area contributed by atoms with E-state index in [1.165, 1.54) is 0 Å². The second-order valence-electron chi connectivity index (χ2n) is 4.22. The van der Waals surface area contributed by atoms with Crippen molar-refractivity contribution in [3.05, 3.63) is 42.1 Å². The van der Waals surface area contributed by atoms with Gasteiger partial charge >= 0.3 is 0 Å². The minimum atomic E-state index is -0.932. The Labute approximate surface area is 104 Å². The molecule has 1 aromatic carbocycles. The van der Waals surface area contributed by atoms with E-state index >= 15 is 0 Å². The Hall–Kier alpha value is -1.26. The van der Waals surface area contributed by atoms with Gasteiger partial charge in [-0.3, -0.25) is 9.19 Å². The molecule has 3 nitrogen and oxygen atoms in total. The number of para-hydroxylation sites is 1. The number of fused-ring (bicyclic) bond motifs is 1.